The predicted octanol–water partition coefficient (Wildman–Crippen LogP) is 1.91. The molecule has 0 spiro atoms. The Hall–Kier alpha value is -2.82. The zero-order valence-corrected chi connectivity index (χ0v) is 21.5. The molecule has 15 heteroatoms. The number of nitrogens with one attached hydrogen (secondary N) is 1. The number of rotatable bonds is 7. The van der Waals surface area contributed by atoms with Gasteiger partial charge in [0.25, 0.3) is 0 Å². The van der Waals surface area contributed by atoms with Gasteiger partial charge in [-0.2, -0.15) is 5.11 Å². The van der Waals surface area contributed by atoms with E-state index < -0.39 is 35.4 Å². The molecule has 1 aromatic heterocycles. The summed E-state index contributed by atoms with van der Waals surface area (Å²) in [6.45, 7) is -0.0634. The van der Waals surface area contributed by atoms with Gasteiger partial charge in [-0.25, -0.2) is 36.7 Å². The van der Waals surface area contributed by atoms with Crippen molar-refractivity contribution >= 4 is 52.6 Å². The Balaban J connectivity index is 1.75. The van der Waals surface area contributed by atoms with Crippen LogP contribution in [0.1, 0.15) is 31.2 Å². The number of aliphatic imine (C=N–C) groups is 1. The maximum absolute atomic E-state index is 13.4. The van der Waals surface area contributed by atoms with Gasteiger partial charge < -0.3 is 11.5 Å². The minimum absolute atomic E-state index is 0.0302. The molecule has 3 aromatic rings. The van der Waals surface area contributed by atoms with Gasteiger partial charge in [0.1, 0.15) is 9.79 Å². The Morgan fingerprint density at radius 1 is 1.06 bits per heavy atom. The molecular weight excluding hydrogens is 524 g/mol. The van der Waals surface area contributed by atoms with Crippen LogP contribution >= 0.6 is 11.3 Å². The molecule has 0 radical (unpaired) electrons. The van der Waals surface area contributed by atoms with Crippen LogP contribution in [0, 0.1) is 0 Å². The highest BCUT2D eigenvalue weighted by Gasteiger charge is 2.35. The molecule has 0 atom stereocenters. The van der Waals surface area contributed by atoms with Crippen molar-refractivity contribution in [2.45, 2.75) is 41.0 Å². The molecule has 7 N–H and O–H groups in total. The molecule has 36 heavy (non-hydrogen) atoms. The summed E-state index contributed by atoms with van der Waals surface area (Å²) < 4.78 is 56.0. The molecule has 5 rings (SSSR count). The first-order valence-corrected chi connectivity index (χ1v) is 14.9. The number of primary sulfonamides is 1. The van der Waals surface area contributed by atoms with Gasteiger partial charge in [-0.05, 0) is 30.5 Å². The molecule has 0 amide bonds. The molecule has 2 aliphatic rings. The number of anilines is 1. The lowest BCUT2D eigenvalue weighted by Gasteiger charge is -2.24. The van der Waals surface area contributed by atoms with Crippen LogP contribution in [0.3, 0.4) is 0 Å². The molecule has 0 saturated heterocycles. The smallest absolute Gasteiger partial charge is 0.242 e. The van der Waals surface area contributed by atoms with Crippen molar-refractivity contribution in [1.82, 2.24) is 9.71 Å². The third-order valence-electron chi connectivity index (χ3n) is 6.31. The van der Waals surface area contributed by atoms with E-state index in [1.807, 2.05) is 6.07 Å². The second-order valence-corrected chi connectivity index (χ2v) is 13.1. The van der Waals surface area contributed by atoms with Gasteiger partial charge in [0.2, 0.25) is 20.0 Å². The van der Waals surface area contributed by atoms with E-state index in [2.05, 4.69) is 24.9 Å². The highest BCUT2D eigenvalue weighted by Crippen LogP contribution is 2.39. The molecule has 2 heterocycles. The highest BCUT2D eigenvalue weighted by atomic mass is 32.2. The van der Waals surface area contributed by atoms with E-state index in [1.54, 1.807) is 12.1 Å². The number of sulfonamides is 2. The standard InChI is InChI=1S/C21H24N8O4S3/c22-20-28-17-13(4-3-5-14(17)34-20)12-6-7-15(36(32,33)27-10-21(23)8-1-2-9-21)18(35(24,30)31)16(12)19-25-11-26-29-19/h3-7,27H,1-2,8-11,23H2,(H2,22,28)(H2,24,30,31). The number of thiazole rings is 1. The molecule has 1 aliphatic heterocycles. The number of nitrogen functional groups attached to an aromatic ring is 1. The lowest BCUT2D eigenvalue weighted by Crippen LogP contribution is -2.48. The molecule has 2 aromatic carbocycles. The van der Waals surface area contributed by atoms with Crippen LogP contribution in [0.4, 0.5) is 5.13 Å². The predicted molar refractivity (Wildman–Crippen MR) is 138 cm³/mol. The van der Waals surface area contributed by atoms with Gasteiger partial charge in [0.15, 0.2) is 17.6 Å². The number of hydrogen-bond acceptors (Lipinski definition) is 11. The van der Waals surface area contributed by atoms with Crippen LogP contribution in [0.15, 0.2) is 55.3 Å². The number of aromatic nitrogens is 1. The van der Waals surface area contributed by atoms with Gasteiger partial charge in [0.05, 0.1) is 15.8 Å². The van der Waals surface area contributed by atoms with Crippen molar-refractivity contribution in [2.75, 3.05) is 18.9 Å². The summed E-state index contributed by atoms with van der Waals surface area (Å²) in [6, 6.07) is 8.02. The fourth-order valence-corrected chi connectivity index (χ4v) is 8.12. The highest BCUT2D eigenvalue weighted by molar-refractivity contribution is 7.92. The summed E-state index contributed by atoms with van der Waals surface area (Å²) in [4.78, 5) is 7.42. The summed E-state index contributed by atoms with van der Waals surface area (Å²) in [6.07, 6.45) is 3.13. The Kier molecular flexibility index (Phi) is 6.17. The van der Waals surface area contributed by atoms with Crippen molar-refractivity contribution in [1.29, 1.82) is 0 Å². The van der Waals surface area contributed by atoms with E-state index in [0.29, 0.717) is 34.6 Å². The Morgan fingerprint density at radius 2 is 1.81 bits per heavy atom. The van der Waals surface area contributed by atoms with Gasteiger partial charge in [0, 0.05) is 17.6 Å². The van der Waals surface area contributed by atoms with Crippen LogP contribution in [0.25, 0.3) is 21.3 Å². The van der Waals surface area contributed by atoms with Crippen LogP contribution in [-0.2, 0) is 20.0 Å². The number of fused-ring (bicyclic) bond motifs is 1. The average Bonchev–Trinajstić information content (AvgIpc) is 3.57. The molecule has 0 bridgehead atoms. The van der Waals surface area contributed by atoms with Crippen molar-refractivity contribution in [3.63, 3.8) is 0 Å². The number of hydrogen-bond donors (Lipinski definition) is 4. The van der Waals surface area contributed by atoms with Crippen LogP contribution in [0.5, 0.6) is 0 Å². The fraction of sp³-hybridized carbons (Fsp3) is 0.333. The van der Waals surface area contributed by atoms with Crippen molar-refractivity contribution < 1.29 is 16.8 Å². The molecule has 1 saturated carbocycles. The van der Waals surface area contributed by atoms with E-state index >= 15 is 0 Å². The van der Waals surface area contributed by atoms with E-state index in [9.17, 15) is 16.8 Å². The number of nitrogens with zero attached hydrogens (tertiary/aromatic N) is 4. The molecule has 1 aliphatic carbocycles. The van der Waals surface area contributed by atoms with Gasteiger partial charge in [-0.3, -0.25) is 0 Å². The summed E-state index contributed by atoms with van der Waals surface area (Å²) in [5.41, 5.74) is 12.9. The summed E-state index contributed by atoms with van der Waals surface area (Å²) in [7, 11) is -8.93. The number of benzene rings is 2. The maximum atomic E-state index is 13.4. The summed E-state index contributed by atoms with van der Waals surface area (Å²) >= 11 is 1.27. The average molecular weight is 549 g/mol. The zero-order valence-electron chi connectivity index (χ0n) is 19.0. The first-order valence-electron chi connectivity index (χ1n) is 11.0. The minimum Gasteiger partial charge on any atom is -0.375 e. The van der Waals surface area contributed by atoms with E-state index in [0.717, 1.165) is 17.5 Å². The number of azo groups is 1. The molecule has 12 nitrogen and oxygen atoms in total. The molecule has 0 unspecified atom stereocenters. The topological polar surface area (TPSA) is 208 Å². The van der Waals surface area contributed by atoms with E-state index in [1.165, 1.54) is 23.5 Å². The molecule has 190 valence electrons. The second kappa shape index (κ2) is 8.93. The van der Waals surface area contributed by atoms with Gasteiger partial charge >= 0.3 is 0 Å². The first kappa shape index (κ1) is 24.9. The maximum Gasteiger partial charge on any atom is 0.242 e. The second-order valence-electron chi connectivity index (χ2n) is 8.82. The minimum atomic E-state index is -4.59. The lowest BCUT2D eigenvalue weighted by molar-refractivity contribution is 0.431. The monoisotopic (exact) mass is 548 g/mol. The van der Waals surface area contributed by atoms with E-state index in [-0.39, 0.29) is 24.6 Å². The number of nitrogens with two attached hydrogens (primary N) is 3. The van der Waals surface area contributed by atoms with Crippen molar-refractivity contribution in [3.8, 4) is 11.1 Å². The summed E-state index contributed by atoms with van der Waals surface area (Å²) in [5, 5.41) is 13.8. The Morgan fingerprint density at radius 3 is 2.47 bits per heavy atom. The van der Waals surface area contributed by atoms with Crippen molar-refractivity contribution in [2.24, 2.45) is 26.1 Å². The Bertz CT molecular complexity index is 1640. The normalized spacial score (nSPS) is 17.7. The summed E-state index contributed by atoms with van der Waals surface area (Å²) in [5.74, 6) is -0.0441. The quantitative estimate of drug-likeness (QED) is 0.344. The molecule has 1 fully saturated rings. The van der Waals surface area contributed by atoms with Crippen molar-refractivity contribution in [3.05, 3.63) is 35.9 Å². The van der Waals surface area contributed by atoms with Crippen LogP contribution in [-0.4, -0.2) is 46.4 Å². The number of amidine groups is 1. The van der Waals surface area contributed by atoms with Gasteiger partial charge in [-0.15, -0.1) is 5.11 Å². The largest absolute Gasteiger partial charge is 0.375 e. The lowest BCUT2D eigenvalue weighted by atomic mass is 9.98. The van der Waals surface area contributed by atoms with E-state index in [4.69, 9.17) is 16.6 Å². The van der Waals surface area contributed by atoms with Gasteiger partial charge in [-0.1, -0.05) is 42.4 Å². The third kappa shape index (κ3) is 4.53. The first-order chi connectivity index (χ1) is 17.0. The SMILES string of the molecule is Nc1nc2c(-c3ccc(S(=O)(=O)NCC4(N)CCCC4)c(S(N)(=O)=O)c3C3=NCN=N3)cccc2s1. The Labute approximate surface area is 211 Å². The third-order valence-corrected chi connectivity index (χ3v) is 9.72. The molecular formula is C21H24N8O4S3. The van der Waals surface area contributed by atoms with Crippen LogP contribution in [0.2, 0.25) is 0 Å². The fourth-order valence-electron chi connectivity index (χ4n) is 4.62. The number of para-hydroxylation sites is 1. The zero-order chi connectivity index (χ0) is 25.7. The van der Waals surface area contributed by atoms with Crippen LogP contribution < -0.4 is 21.3 Å².